The Morgan fingerprint density at radius 3 is 2.58 bits per heavy atom. The Kier molecular flexibility index (Phi) is 10.5. The van der Waals surface area contributed by atoms with Crippen LogP contribution in [-0.2, 0) is 0 Å². The van der Waals surface area contributed by atoms with Gasteiger partial charge < -0.3 is 21.7 Å². The quantitative estimate of drug-likeness (QED) is 0.308. The van der Waals surface area contributed by atoms with Crippen LogP contribution in [-0.4, -0.2) is 31.1 Å². The van der Waals surface area contributed by atoms with E-state index in [1.54, 1.807) is 0 Å². The van der Waals surface area contributed by atoms with Crippen LogP contribution < -0.4 is 16.8 Å². The van der Waals surface area contributed by atoms with Crippen molar-refractivity contribution in [3.63, 3.8) is 0 Å². The molecular formula is C20H34N4. The van der Waals surface area contributed by atoms with Crippen LogP contribution in [0, 0.1) is 0 Å². The molecule has 1 aromatic rings. The van der Waals surface area contributed by atoms with Gasteiger partial charge in [0.25, 0.3) is 0 Å². The van der Waals surface area contributed by atoms with Gasteiger partial charge in [0.15, 0.2) is 0 Å². The van der Waals surface area contributed by atoms with E-state index in [4.69, 9.17) is 11.5 Å². The van der Waals surface area contributed by atoms with Gasteiger partial charge in [-0.15, -0.1) is 0 Å². The third-order valence-corrected chi connectivity index (χ3v) is 4.18. The average Bonchev–Trinajstić information content (AvgIpc) is 2.59. The molecule has 0 amide bonds. The molecule has 0 aliphatic heterocycles. The first-order valence-corrected chi connectivity index (χ1v) is 8.99. The first-order valence-electron chi connectivity index (χ1n) is 8.99. The highest BCUT2D eigenvalue weighted by Gasteiger charge is 2.11. The first-order chi connectivity index (χ1) is 11.7. The third-order valence-electron chi connectivity index (χ3n) is 4.18. The van der Waals surface area contributed by atoms with E-state index in [-0.39, 0.29) is 0 Å². The molecule has 1 atom stereocenters. The van der Waals surface area contributed by atoms with Crippen molar-refractivity contribution in [2.24, 2.45) is 5.73 Å². The molecule has 1 aromatic carbocycles. The summed E-state index contributed by atoms with van der Waals surface area (Å²) < 4.78 is 0. The number of rotatable bonds is 12. The van der Waals surface area contributed by atoms with Gasteiger partial charge in [0, 0.05) is 19.6 Å². The van der Waals surface area contributed by atoms with E-state index in [1.165, 1.54) is 12.8 Å². The topological polar surface area (TPSA) is 67.3 Å². The van der Waals surface area contributed by atoms with E-state index >= 15 is 0 Å². The number of nitrogen functional groups attached to an aromatic ring is 1. The van der Waals surface area contributed by atoms with Crippen molar-refractivity contribution < 1.29 is 0 Å². The van der Waals surface area contributed by atoms with E-state index in [0.717, 1.165) is 43.7 Å². The van der Waals surface area contributed by atoms with Gasteiger partial charge in [0.05, 0.1) is 11.4 Å². The summed E-state index contributed by atoms with van der Waals surface area (Å²) in [5.74, 6) is 0. The van der Waals surface area contributed by atoms with E-state index < -0.39 is 0 Å². The van der Waals surface area contributed by atoms with Crippen molar-refractivity contribution >= 4 is 11.4 Å². The first kappa shape index (κ1) is 20.1. The minimum Gasteiger partial charge on any atom is -0.397 e. The van der Waals surface area contributed by atoms with Crippen LogP contribution >= 0.6 is 0 Å². The van der Waals surface area contributed by atoms with Gasteiger partial charge in [0.1, 0.15) is 0 Å². The second kappa shape index (κ2) is 12.5. The Morgan fingerprint density at radius 1 is 1.12 bits per heavy atom. The van der Waals surface area contributed by atoms with Gasteiger partial charge in [-0.05, 0) is 70.0 Å². The van der Waals surface area contributed by atoms with Crippen LogP contribution in [0.15, 0.2) is 48.7 Å². The average molecular weight is 331 g/mol. The highest BCUT2D eigenvalue weighted by Crippen LogP contribution is 2.17. The maximum absolute atomic E-state index is 5.94. The standard InChI is InChI=1S/C20H34N4/c1-3-4-9-17-24(2)18(12-10-15-21)11-7-8-16-23-20-14-6-5-13-19(20)22/h3-6,9,13-14,17-18,23H,7-8,10-12,15-16,21-22H2,1-2H3/b4-3-,17-9-. The summed E-state index contributed by atoms with van der Waals surface area (Å²) in [6, 6.07) is 8.47. The number of hydrogen-bond acceptors (Lipinski definition) is 4. The van der Waals surface area contributed by atoms with Gasteiger partial charge in [-0.3, -0.25) is 0 Å². The van der Waals surface area contributed by atoms with Crippen molar-refractivity contribution in [1.82, 2.24) is 4.90 Å². The summed E-state index contributed by atoms with van der Waals surface area (Å²) in [5, 5.41) is 3.42. The Morgan fingerprint density at radius 2 is 1.88 bits per heavy atom. The Bertz CT molecular complexity index is 496. The van der Waals surface area contributed by atoms with Crippen LogP contribution in [0.5, 0.6) is 0 Å². The molecular weight excluding hydrogens is 296 g/mol. The summed E-state index contributed by atoms with van der Waals surface area (Å²) >= 11 is 0. The largest absolute Gasteiger partial charge is 0.397 e. The summed E-state index contributed by atoms with van der Waals surface area (Å²) in [6.45, 7) is 3.75. The minimum absolute atomic E-state index is 0.553. The fraction of sp³-hybridized carbons (Fsp3) is 0.500. The highest BCUT2D eigenvalue weighted by atomic mass is 15.1. The Balaban J connectivity index is 2.34. The normalized spacial score (nSPS) is 12.8. The number of nitrogens with one attached hydrogen (secondary N) is 1. The number of nitrogens with two attached hydrogens (primary N) is 2. The van der Waals surface area contributed by atoms with Crippen LogP contribution in [0.4, 0.5) is 11.4 Å². The van der Waals surface area contributed by atoms with Crippen LogP contribution in [0.25, 0.3) is 0 Å². The van der Waals surface area contributed by atoms with Crippen molar-refractivity contribution in [3.05, 3.63) is 48.7 Å². The minimum atomic E-state index is 0.553. The number of allylic oxidation sites excluding steroid dienone is 3. The summed E-state index contributed by atoms with van der Waals surface area (Å²) in [7, 11) is 2.16. The predicted molar refractivity (Wildman–Crippen MR) is 107 cm³/mol. The fourth-order valence-corrected chi connectivity index (χ4v) is 2.71. The molecule has 1 unspecified atom stereocenters. The molecule has 0 spiro atoms. The van der Waals surface area contributed by atoms with E-state index in [2.05, 4.69) is 35.6 Å². The van der Waals surface area contributed by atoms with Gasteiger partial charge >= 0.3 is 0 Å². The maximum atomic E-state index is 5.94. The molecule has 0 aromatic heterocycles. The van der Waals surface area contributed by atoms with Gasteiger partial charge in [-0.25, -0.2) is 0 Å². The molecule has 24 heavy (non-hydrogen) atoms. The molecule has 0 fully saturated rings. The van der Waals surface area contributed by atoms with Gasteiger partial charge in [-0.1, -0.05) is 24.3 Å². The fourth-order valence-electron chi connectivity index (χ4n) is 2.71. The van der Waals surface area contributed by atoms with Crippen molar-refractivity contribution in [1.29, 1.82) is 0 Å². The van der Waals surface area contributed by atoms with Crippen molar-refractivity contribution in [2.75, 3.05) is 31.2 Å². The number of nitrogens with zero attached hydrogens (tertiary/aromatic N) is 1. The zero-order chi connectivity index (χ0) is 17.6. The molecule has 4 heteroatoms. The lowest BCUT2D eigenvalue weighted by molar-refractivity contribution is 0.285. The summed E-state index contributed by atoms with van der Waals surface area (Å²) in [4.78, 5) is 2.32. The highest BCUT2D eigenvalue weighted by molar-refractivity contribution is 5.65. The van der Waals surface area contributed by atoms with Gasteiger partial charge in [-0.2, -0.15) is 0 Å². The Hall–Kier alpha value is -1.94. The zero-order valence-corrected chi connectivity index (χ0v) is 15.2. The molecule has 0 saturated heterocycles. The van der Waals surface area contributed by atoms with Crippen molar-refractivity contribution in [3.8, 4) is 0 Å². The lowest BCUT2D eigenvalue weighted by atomic mass is 10.0. The maximum Gasteiger partial charge on any atom is 0.0573 e. The molecule has 0 radical (unpaired) electrons. The lowest BCUT2D eigenvalue weighted by Crippen LogP contribution is -2.28. The molecule has 5 N–H and O–H groups in total. The Labute approximate surface area is 147 Å². The number of para-hydroxylation sites is 2. The molecule has 0 saturated carbocycles. The number of unbranched alkanes of at least 4 members (excludes halogenated alkanes) is 1. The van der Waals surface area contributed by atoms with E-state index in [9.17, 15) is 0 Å². The van der Waals surface area contributed by atoms with Crippen LogP contribution in [0.2, 0.25) is 0 Å². The molecule has 0 aliphatic rings. The molecule has 1 rings (SSSR count). The molecule has 4 nitrogen and oxygen atoms in total. The van der Waals surface area contributed by atoms with Crippen molar-refractivity contribution in [2.45, 2.75) is 45.1 Å². The summed E-state index contributed by atoms with van der Waals surface area (Å²) in [6.07, 6.45) is 14.1. The lowest BCUT2D eigenvalue weighted by Gasteiger charge is -2.27. The smallest absolute Gasteiger partial charge is 0.0573 e. The SMILES string of the molecule is C/C=C\C=C/N(C)C(CCCN)CCCCNc1ccccc1N. The number of hydrogen-bond donors (Lipinski definition) is 3. The second-order valence-corrected chi connectivity index (χ2v) is 6.13. The van der Waals surface area contributed by atoms with Gasteiger partial charge in [0.2, 0.25) is 0 Å². The molecule has 0 bridgehead atoms. The molecule has 0 aliphatic carbocycles. The molecule has 134 valence electrons. The summed E-state index contributed by atoms with van der Waals surface area (Å²) in [5.41, 5.74) is 13.5. The second-order valence-electron chi connectivity index (χ2n) is 6.13. The van der Waals surface area contributed by atoms with Crippen LogP contribution in [0.3, 0.4) is 0 Å². The number of anilines is 2. The van der Waals surface area contributed by atoms with E-state index in [0.29, 0.717) is 6.04 Å². The predicted octanol–water partition coefficient (Wildman–Crippen LogP) is 3.98. The molecule has 0 heterocycles. The number of benzene rings is 1. The monoisotopic (exact) mass is 330 g/mol. The van der Waals surface area contributed by atoms with E-state index in [1.807, 2.05) is 37.3 Å². The zero-order valence-electron chi connectivity index (χ0n) is 15.2. The third kappa shape index (κ3) is 8.06. The van der Waals surface area contributed by atoms with Crippen LogP contribution in [0.1, 0.15) is 39.0 Å².